The summed E-state index contributed by atoms with van der Waals surface area (Å²) in [6.07, 6.45) is -17.4. The maximum absolute atomic E-state index is 12.9. The van der Waals surface area contributed by atoms with Crippen LogP contribution in [0.5, 0.6) is 23.0 Å². The number of rotatable bonds is 7. The SMILES string of the molecule is O=C1CC(c2ccc(O)cc2)Oc2cc(O[C@@H]3O[C@H](CO)[C@@H](O)[C@H](O)[C@H]3OC3O[C@H](CO)[C@@H](O)[C@H](O)[C@H]3O)cc(O)c21. The molecule has 3 aliphatic heterocycles. The van der Waals surface area contributed by atoms with Gasteiger partial charge in [-0.1, -0.05) is 12.1 Å². The van der Waals surface area contributed by atoms with E-state index < -0.39 is 92.3 Å². The Balaban J connectivity index is 1.41. The van der Waals surface area contributed by atoms with Crippen LogP contribution in [-0.4, -0.2) is 126 Å². The van der Waals surface area contributed by atoms with Gasteiger partial charge in [0.1, 0.15) is 77.4 Å². The number of aliphatic hydroxyl groups excluding tert-OH is 7. The fourth-order valence-corrected chi connectivity index (χ4v) is 5.12. The molecule has 2 fully saturated rings. The third kappa shape index (κ3) is 5.76. The largest absolute Gasteiger partial charge is 0.508 e. The topological polar surface area (TPSA) is 245 Å². The molecule has 0 spiro atoms. The number of Topliss-reactive ketones (excluding diaryl/α,β-unsaturated/α-hetero) is 1. The second-order valence-electron chi connectivity index (χ2n) is 10.3. The molecule has 2 saturated heterocycles. The molecule has 2 aromatic rings. The van der Waals surface area contributed by atoms with Gasteiger partial charge in [-0.15, -0.1) is 0 Å². The third-order valence-corrected chi connectivity index (χ3v) is 7.46. The first-order valence-electron chi connectivity index (χ1n) is 13.1. The minimum absolute atomic E-state index is 0.0241. The molecule has 0 radical (unpaired) electrons. The average molecular weight is 597 g/mol. The van der Waals surface area contributed by atoms with E-state index in [0.717, 1.165) is 6.07 Å². The van der Waals surface area contributed by atoms with Gasteiger partial charge < -0.3 is 69.6 Å². The number of ether oxygens (including phenoxy) is 5. The maximum Gasteiger partial charge on any atom is 0.229 e. The number of ketones is 1. The van der Waals surface area contributed by atoms with Gasteiger partial charge in [0, 0.05) is 12.1 Å². The molecule has 2 unspecified atom stereocenters. The van der Waals surface area contributed by atoms with Crippen molar-refractivity contribution < 1.29 is 74.4 Å². The van der Waals surface area contributed by atoms with Gasteiger partial charge in [-0.2, -0.15) is 0 Å². The number of aromatic hydroxyl groups is 2. The predicted molar refractivity (Wildman–Crippen MR) is 136 cm³/mol. The summed E-state index contributed by atoms with van der Waals surface area (Å²) in [7, 11) is 0. The lowest BCUT2D eigenvalue weighted by Crippen LogP contribution is -2.65. The van der Waals surface area contributed by atoms with E-state index in [2.05, 4.69) is 0 Å². The molecule has 15 nitrogen and oxygen atoms in total. The van der Waals surface area contributed by atoms with Gasteiger partial charge in [0.15, 0.2) is 18.2 Å². The van der Waals surface area contributed by atoms with Crippen molar-refractivity contribution in [2.75, 3.05) is 13.2 Å². The van der Waals surface area contributed by atoms with E-state index in [1.165, 1.54) is 18.2 Å². The first-order valence-corrected chi connectivity index (χ1v) is 13.1. The van der Waals surface area contributed by atoms with E-state index in [9.17, 15) is 50.8 Å². The Morgan fingerprint density at radius 2 is 1.40 bits per heavy atom. The zero-order valence-electron chi connectivity index (χ0n) is 21.9. The van der Waals surface area contributed by atoms with Crippen LogP contribution >= 0.6 is 0 Å². The Kier molecular flexibility index (Phi) is 8.86. The fourth-order valence-electron chi connectivity index (χ4n) is 5.12. The molecule has 0 aromatic heterocycles. The number of carbonyl (C=O) groups is 1. The molecule has 0 bridgehead atoms. The zero-order valence-corrected chi connectivity index (χ0v) is 21.9. The first-order chi connectivity index (χ1) is 20.0. The minimum Gasteiger partial charge on any atom is -0.508 e. The Labute approximate surface area is 238 Å². The van der Waals surface area contributed by atoms with Gasteiger partial charge in [0.25, 0.3) is 0 Å². The molecule has 230 valence electrons. The highest BCUT2D eigenvalue weighted by Crippen LogP contribution is 2.43. The molecule has 3 heterocycles. The first kappa shape index (κ1) is 30.4. The van der Waals surface area contributed by atoms with Crippen molar-refractivity contribution >= 4 is 5.78 Å². The zero-order chi connectivity index (χ0) is 30.3. The van der Waals surface area contributed by atoms with E-state index in [4.69, 9.17) is 23.7 Å². The smallest absolute Gasteiger partial charge is 0.229 e. The van der Waals surface area contributed by atoms with Crippen LogP contribution in [0, 0.1) is 0 Å². The minimum atomic E-state index is -1.85. The number of benzene rings is 2. The molecular weight excluding hydrogens is 564 g/mol. The predicted octanol–water partition coefficient (Wildman–Crippen LogP) is -2.19. The van der Waals surface area contributed by atoms with Crippen LogP contribution in [0.4, 0.5) is 0 Å². The van der Waals surface area contributed by atoms with Crippen LogP contribution in [0.1, 0.15) is 28.4 Å². The molecule has 3 aliphatic rings. The summed E-state index contributed by atoms with van der Waals surface area (Å²) in [5, 5.41) is 91.2. The number of phenolic OH excluding ortho intramolecular Hbond substituents is 2. The van der Waals surface area contributed by atoms with Crippen molar-refractivity contribution in [3.63, 3.8) is 0 Å². The van der Waals surface area contributed by atoms with Crippen LogP contribution in [0.3, 0.4) is 0 Å². The summed E-state index contributed by atoms with van der Waals surface area (Å²) in [5.41, 5.74) is 0.490. The van der Waals surface area contributed by atoms with Crippen molar-refractivity contribution in [3.8, 4) is 23.0 Å². The Bertz CT molecular complexity index is 1250. The van der Waals surface area contributed by atoms with Crippen molar-refractivity contribution in [1.29, 1.82) is 0 Å². The third-order valence-electron chi connectivity index (χ3n) is 7.46. The van der Waals surface area contributed by atoms with Crippen molar-refractivity contribution in [2.45, 2.75) is 73.9 Å². The summed E-state index contributed by atoms with van der Waals surface area (Å²) in [4.78, 5) is 12.9. The second-order valence-corrected chi connectivity index (χ2v) is 10.3. The molecule has 9 N–H and O–H groups in total. The highest BCUT2D eigenvalue weighted by Gasteiger charge is 2.51. The monoisotopic (exact) mass is 596 g/mol. The molecule has 5 rings (SSSR count). The van der Waals surface area contributed by atoms with Gasteiger partial charge in [0.2, 0.25) is 6.29 Å². The van der Waals surface area contributed by atoms with Crippen molar-refractivity contribution in [1.82, 2.24) is 0 Å². The van der Waals surface area contributed by atoms with Crippen molar-refractivity contribution in [2.24, 2.45) is 0 Å². The Hall–Kier alpha value is -3.09. The van der Waals surface area contributed by atoms with Crippen molar-refractivity contribution in [3.05, 3.63) is 47.5 Å². The number of hydrogen-bond acceptors (Lipinski definition) is 15. The summed E-state index contributed by atoms with van der Waals surface area (Å²) in [5.74, 6) is -1.07. The van der Waals surface area contributed by atoms with E-state index >= 15 is 0 Å². The lowest BCUT2D eigenvalue weighted by molar-refractivity contribution is -0.357. The van der Waals surface area contributed by atoms with E-state index in [1.54, 1.807) is 12.1 Å². The summed E-state index contributed by atoms with van der Waals surface area (Å²) >= 11 is 0. The second kappa shape index (κ2) is 12.3. The van der Waals surface area contributed by atoms with Crippen LogP contribution in [0.25, 0.3) is 0 Å². The standard InChI is InChI=1S/C27H32O15/c28-8-17-20(33)22(35)24(37)26(40-17)42-25-23(36)21(34)18(9-29)41-27(25)38-12-5-13(31)19-14(32)7-15(39-16(19)6-12)10-1-3-11(30)4-2-10/h1-6,15,17-18,20-31,33-37H,7-9H2/t15?,17-,18-,20-,21-,22+,23+,24-,25-,26?,27-/m1/s1. The quantitative estimate of drug-likeness (QED) is 0.165. The van der Waals surface area contributed by atoms with Gasteiger partial charge >= 0.3 is 0 Å². The highest BCUT2D eigenvalue weighted by atomic mass is 16.8. The van der Waals surface area contributed by atoms with E-state index in [1.807, 2.05) is 0 Å². The van der Waals surface area contributed by atoms with Gasteiger partial charge in [-0.25, -0.2) is 0 Å². The van der Waals surface area contributed by atoms with E-state index in [-0.39, 0.29) is 29.2 Å². The molecular formula is C27H32O15. The molecule has 11 atom stereocenters. The van der Waals surface area contributed by atoms with Crippen LogP contribution in [0.15, 0.2) is 36.4 Å². The van der Waals surface area contributed by atoms with Crippen LogP contribution in [-0.2, 0) is 14.2 Å². The number of phenols is 2. The molecule has 15 heteroatoms. The summed E-state index contributed by atoms with van der Waals surface area (Å²) < 4.78 is 28.4. The van der Waals surface area contributed by atoms with E-state index in [0.29, 0.717) is 5.56 Å². The molecule has 0 amide bonds. The average Bonchev–Trinajstić information content (AvgIpc) is 2.96. The lowest BCUT2D eigenvalue weighted by atomic mass is 9.95. The van der Waals surface area contributed by atoms with Crippen LogP contribution in [0.2, 0.25) is 0 Å². The number of fused-ring (bicyclic) bond motifs is 1. The normalized spacial score (nSPS) is 36.6. The maximum atomic E-state index is 12.9. The number of carbonyl (C=O) groups excluding carboxylic acids is 1. The van der Waals surface area contributed by atoms with Crippen LogP contribution < -0.4 is 9.47 Å². The van der Waals surface area contributed by atoms with Gasteiger partial charge in [-0.05, 0) is 17.7 Å². The summed E-state index contributed by atoms with van der Waals surface area (Å²) in [6, 6.07) is 8.39. The van der Waals surface area contributed by atoms with Gasteiger partial charge in [-0.3, -0.25) is 4.79 Å². The van der Waals surface area contributed by atoms with Gasteiger partial charge in [0.05, 0.1) is 19.6 Å². The Morgan fingerprint density at radius 3 is 2.05 bits per heavy atom. The number of aliphatic hydroxyl groups is 7. The fraction of sp³-hybridized carbons (Fsp3) is 0.519. The molecule has 0 aliphatic carbocycles. The summed E-state index contributed by atoms with van der Waals surface area (Å²) in [6.45, 7) is -1.49. The number of hydrogen-bond donors (Lipinski definition) is 9. The molecule has 0 saturated carbocycles. The lowest BCUT2D eigenvalue weighted by Gasteiger charge is -2.45. The Morgan fingerprint density at radius 1 is 0.786 bits per heavy atom. The molecule has 2 aromatic carbocycles. The highest BCUT2D eigenvalue weighted by molar-refractivity contribution is 6.02. The molecule has 42 heavy (non-hydrogen) atoms.